The van der Waals surface area contributed by atoms with E-state index in [1.807, 2.05) is 19.6 Å². The number of rotatable bonds is 14. The number of ketones is 2. The molecule has 4 saturated heterocycles. The van der Waals surface area contributed by atoms with Crippen LogP contribution in [0, 0.1) is 11.8 Å². The zero-order valence-corrected chi connectivity index (χ0v) is 34.9. The summed E-state index contributed by atoms with van der Waals surface area (Å²) in [6.07, 6.45) is 0.615. The topological polar surface area (TPSA) is 245 Å². The molecule has 0 aromatic heterocycles. The summed E-state index contributed by atoms with van der Waals surface area (Å²) < 4.78 is 16.1. The summed E-state index contributed by atoms with van der Waals surface area (Å²) in [5, 5.41) is 24.4. The van der Waals surface area contributed by atoms with Gasteiger partial charge in [0.25, 0.3) is 0 Å². The third kappa shape index (κ3) is 14.5. The number of amides is 3. The van der Waals surface area contributed by atoms with E-state index < -0.39 is 83.7 Å². The van der Waals surface area contributed by atoms with Crippen LogP contribution in [0.4, 0.5) is 0 Å². The molecule has 310 valence electrons. The number of fused-ring (bicyclic) bond motifs is 7. The predicted molar refractivity (Wildman–Crippen MR) is 198 cm³/mol. The van der Waals surface area contributed by atoms with Gasteiger partial charge in [0.05, 0.1) is 12.5 Å². The molecular weight excluding hydrogens is 795 g/mol. The van der Waals surface area contributed by atoms with E-state index in [4.69, 9.17) is 10.6 Å². The summed E-state index contributed by atoms with van der Waals surface area (Å²) in [7, 11) is -1.69. The van der Waals surface area contributed by atoms with Crippen molar-refractivity contribution in [2.24, 2.45) is 11.8 Å². The van der Waals surface area contributed by atoms with Gasteiger partial charge < -0.3 is 25.6 Å². The van der Waals surface area contributed by atoms with Crippen molar-refractivity contribution in [1.82, 2.24) is 35.1 Å². The van der Waals surface area contributed by atoms with Gasteiger partial charge >= 0.3 is 195 Å². The quantitative estimate of drug-likeness (QED) is 0.122. The first-order valence-electron chi connectivity index (χ1n) is 19.3. The molecule has 4 N–H and O–H groups in total. The Morgan fingerprint density at radius 3 is 1.79 bits per heavy atom. The van der Waals surface area contributed by atoms with Crippen molar-refractivity contribution in [3.05, 3.63) is 0 Å². The fraction of sp³-hybridized carbons (Fsp3) is 0.765. The Labute approximate surface area is 333 Å². The molecule has 20 nitrogen and oxygen atoms in total. The van der Waals surface area contributed by atoms with Crippen LogP contribution < -0.4 is 10.6 Å². The van der Waals surface area contributed by atoms with Gasteiger partial charge in [0, 0.05) is 18.9 Å². The number of carbonyl (C=O) groups excluding carboxylic acids is 8. The fourth-order valence-corrected chi connectivity index (χ4v) is 9.21. The molecule has 0 aromatic carbocycles. The largest absolute Gasteiger partial charge is 0.475 e. The molecule has 4 heterocycles. The van der Waals surface area contributed by atoms with Crippen molar-refractivity contribution in [3.63, 3.8) is 0 Å². The molecule has 0 aromatic rings. The van der Waals surface area contributed by atoms with Crippen LogP contribution in [0.25, 0.3) is 0 Å². The molecule has 0 radical (unpaired) electrons. The molecule has 4 aliphatic heterocycles. The SMILES string of the molecule is CC(C)C(CC(=O)CNC(=O)CCC(=O)CN1CCN2CCN3CCN(CC1)CC(=O)[O][Ga]([O]C(=O)C2)[O]C(=O)C3)C(=O)N[C@H](C)C(=O)N1CCC[C@H]1B(O)O. The molecule has 0 saturated carbocycles. The Balaban J connectivity index is 1.25. The van der Waals surface area contributed by atoms with Crippen molar-refractivity contribution < 1.29 is 59.0 Å². The van der Waals surface area contributed by atoms with Crippen LogP contribution in [0.15, 0.2) is 0 Å². The van der Waals surface area contributed by atoms with Gasteiger partial charge in [-0.3, -0.25) is 19.2 Å². The molecule has 22 heteroatoms. The zero-order valence-electron chi connectivity index (χ0n) is 32.5. The van der Waals surface area contributed by atoms with Gasteiger partial charge in [0.2, 0.25) is 11.8 Å². The smallest absolute Gasteiger partial charge is 0.426 e. The number of nitrogens with one attached hydrogen (secondary N) is 2. The molecule has 0 aliphatic carbocycles. The summed E-state index contributed by atoms with van der Waals surface area (Å²) >= 11 is -3.97. The Hall–Kier alpha value is -3.38. The average Bonchev–Trinajstić information content (AvgIpc) is 3.61. The molecule has 5 atom stereocenters. The molecular formula is C34H55BGaN7O13. The molecule has 3 amide bonds. The summed E-state index contributed by atoms with van der Waals surface area (Å²) in [5.41, 5.74) is 0. The predicted octanol–water partition coefficient (Wildman–Crippen LogP) is -3.95. The normalized spacial score (nSPS) is 25.0. The first kappa shape index (κ1) is 45.3. The van der Waals surface area contributed by atoms with Crippen molar-refractivity contribution >= 4 is 71.6 Å². The molecule has 4 rings (SSSR count). The van der Waals surface area contributed by atoms with Gasteiger partial charge in [-0.1, -0.05) is 13.8 Å². The molecule has 4 bridgehead atoms. The molecule has 3 unspecified atom stereocenters. The van der Waals surface area contributed by atoms with Gasteiger partial charge in [0.15, 0.2) is 5.78 Å². The van der Waals surface area contributed by atoms with Crippen LogP contribution in [-0.2, 0) is 48.9 Å². The van der Waals surface area contributed by atoms with E-state index in [1.54, 1.807) is 13.8 Å². The van der Waals surface area contributed by atoms with Gasteiger partial charge in [-0.2, -0.15) is 0 Å². The third-order valence-electron chi connectivity index (χ3n) is 10.4. The second kappa shape index (κ2) is 22.0. The summed E-state index contributed by atoms with van der Waals surface area (Å²) in [4.78, 5) is 112. The minimum Gasteiger partial charge on any atom is -0.426 e. The number of hydrogen-bond acceptors (Lipinski definition) is 17. The van der Waals surface area contributed by atoms with Crippen molar-refractivity contribution in [1.29, 1.82) is 0 Å². The summed E-state index contributed by atoms with van der Waals surface area (Å²) in [6.45, 7) is 8.22. The summed E-state index contributed by atoms with van der Waals surface area (Å²) in [5.74, 6) is -5.79. The molecule has 56 heavy (non-hydrogen) atoms. The Morgan fingerprint density at radius 1 is 0.768 bits per heavy atom. The van der Waals surface area contributed by atoms with Crippen LogP contribution in [0.2, 0.25) is 0 Å². The van der Waals surface area contributed by atoms with E-state index in [9.17, 15) is 48.4 Å². The second-order valence-electron chi connectivity index (χ2n) is 15.2. The minimum atomic E-state index is -3.97. The van der Waals surface area contributed by atoms with E-state index >= 15 is 0 Å². The van der Waals surface area contributed by atoms with Crippen molar-refractivity contribution in [3.8, 4) is 0 Å². The Kier molecular flexibility index (Phi) is 17.8. The number of hydrogen-bond donors (Lipinski definition) is 4. The number of carbonyl (C=O) groups is 8. The van der Waals surface area contributed by atoms with Crippen LogP contribution in [0.5, 0.6) is 0 Å². The van der Waals surface area contributed by atoms with Gasteiger partial charge in [-0.05, 0) is 25.7 Å². The van der Waals surface area contributed by atoms with E-state index in [0.717, 1.165) is 0 Å². The number of nitrogens with zero attached hydrogens (tertiary/aromatic N) is 5. The Bertz CT molecular complexity index is 1420. The zero-order chi connectivity index (χ0) is 40.9. The summed E-state index contributed by atoms with van der Waals surface area (Å²) in [6, 6.07) is -0.948. The van der Waals surface area contributed by atoms with E-state index in [1.165, 1.54) is 11.8 Å². The standard InChI is InChI=1S/C34H58BN7O13.Ga/c1-23(2)27(33(52)37-24(3)34(53)42-8-4-5-28(42)35(54)55)17-26(44)18-36-29(45)7-6-25(43)19-38-9-11-39(20-30(46)47)13-15-41(22-32(50)51)16-14-40(12-10-38)21-31(48)49;/h23-24,27-28,54-55H,4-22H2,1-3H3,(H,36,45)(H,37,52)(H,46,47)(H,48,49)(H,50,51);/q;+3/p-3/t24-,27?,28+;/m1./s1. The van der Waals surface area contributed by atoms with Crippen molar-refractivity contribution in [2.75, 3.05) is 91.6 Å². The minimum absolute atomic E-state index is 0.0137. The van der Waals surface area contributed by atoms with Crippen LogP contribution in [0.1, 0.15) is 52.9 Å². The molecule has 4 aliphatic rings. The van der Waals surface area contributed by atoms with E-state index in [-0.39, 0.29) is 63.7 Å². The van der Waals surface area contributed by atoms with Gasteiger partial charge in [0.1, 0.15) is 6.04 Å². The molecule has 0 spiro atoms. The number of Topliss-reactive ketones (excluding diaryl/α,β-unsaturated/α-hetero) is 2. The maximum Gasteiger partial charge on any atom is 0.475 e. The number of likely N-dealkylation sites (tertiary alicyclic amines) is 1. The van der Waals surface area contributed by atoms with Crippen LogP contribution in [-0.4, -0.2) is 210 Å². The third-order valence-corrected chi connectivity index (χ3v) is 13.3. The Morgan fingerprint density at radius 2 is 1.29 bits per heavy atom. The molecule has 4 fully saturated rings. The van der Waals surface area contributed by atoms with Crippen LogP contribution in [0.3, 0.4) is 0 Å². The van der Waals surface area contributed by atoms with Gasteiger partial charge in [-0.15, -0.1) is 0 Å². The fourth-order valence-electron chi connectivity index (χ4n) is 7.09. The second-order valence-corrected chi connectivity index (χ2v) is 17.9. The van der Waals surface area contributed by atoms with Gasteiger partial charge in [-0.25, -0.2) is 0 Å². The maximum absolute atomic E-state index is 13.1. The van der Waals surface area contributed by atoms with E-state index in [0.29, 0.717) is 71.7 Å². The monoisotopic (exact) mass is 849 g/mol. The maximum atomic E-state index is 13.1. The average molecular weight is 850 g/mol. The van der Waals surface area contributed by atoms with Crippen molar-refractivity contribution in [2.45, 2.75) is 64.9 Å². The van der Waals surface area contributed by atoms with Crippen LogP contribution >= 0.6 is 0 Å². The first-order valence-corrected chi connectivity index (χ1v) is 22.3. The van der Waals surface area contributed by atoms with E-state index in [2.05, 4.69) is 10.6 Å². The first-order chi connectivity index (χ1) is 26.6.